The molecule has 1 aromatic heterocycles. The molecular formula is C25H24N2O2S. The fourth-order valence-corrected chi connectivity index (χ4v) is 4.17. The summed E-state index contributed by atoms with van der Waals surface area (Å²) in [5.41, 5.74) is 2.78. The summed E-state index contributed by atoms with van der Waals surface area (Å²) in [5.74, 6) is 1.68. The number of thioether (sulfide) groups is 1. The number of aryl methyl sites for hydroxylation is 1. The molecule has 0 atom stereocenters. The molecule has 0 aliphatic rings. The van der Waals surface area contributed by atoms with Crippen molar-refractivity contribution in [2.24, 2.45) is 0 Å². The largest absolute Gasteiger partial charge is 0.494 e. The zero-order valence-corrected chi connectivity index (χ0v) is 17.8. The highest BCUT2D eigenvalue weighted by Gasteiger charge is 2.13. The minimum atomic E-state index is -0.0344. The number of ether oxygens (including phenoxy) is 1. The number of aromatic nitrogens is 2. The van der Waals surface area contributed by atoms with Gasteiger partial charge in [0.25, 0.3) is 5.56 Å². The third-order valence-corrected chi connectivity index (χ3v) is 5.90. The van der Waals surface area contributed by atoms with E-state index < -0.39 is 0 Å². The maximum atomic E-state index is 13.3. The average molecular weight is 417 g/mol. The van der Waals surface area contributed by atoms with E-state index in [0.29, 0.717) is 17.1 Å². The van der Waals surface area contributed by atoms with Crippen LogP contribution < -0.4 is 10.3 Å². The molecular weight excluding hydrogens is 392 g/mol. The van der Waals surface area contributed by atoms with Crippen molar-refractivity contribution >= 4 is 22.7 Å². The zero-order chi connectivity index (χ0) is 20.8. The van der Waals surface area contributed by atoms with E-state index in [2.05, 4.69) is 19.1 Å². The highest BCUT2D eigenvalue weighted by atomic mass is 32.2. The lowest BCUT2D eigenvalue weighted by atomic mass is 10.1. The normalized spacial score (nSPS) is 11.0. The van der Waals surface area contributed by atoms with Crippen molar-refractivity contribution in [3.63, 3.8) is 0 Å². The minimum absolute atomic E-state index is 0.0344. The Kier molecular flexibility index (Phi) is 6.50. The molecule has 152 valence electrons. The second-order valence-corrected chi connectivity index (χ2v) is 8.00. The van der Waals surface area contributed by atoms with E-state index in [0.717, 1.165) is 35.5 Å². The van der Waals surface area contributed by atoms with Gasteiger partial charge in [-0.05, 0) is 54.8 Å². The van der Waals surface area contributed by atoms with Crippen molar-refractivity contribution in [3.05, 3.63) is 94.8 Å². The van der Waals surface area contributed by atoms with Gasteiger partial charge in [0.1, 0.15) is 5.75 Å². The first-order valence-electron chi connectivity index (χ1n) is 10.2. The van der Waals surface area contributed by atoms with Crippen molar-refractivity contribution in [1.82, 2.24) is 9.55 Å². The minimum Gasteiger partial charge on any atom is -0.494 e. The summed E-state index contributed by atoms with van der Waals surface area (Å²) in [6, 6.07) is 25.5. The lowest BCUT2D eigenvalue weighted by Crippen LogP contribution is -2.22. The Balaban J connectivity index is 1.56. The van der Waals surface area contributed by atoms with Crippen LogP contribution in [0.3, 0.4) is 0 Å². The highest BCUT2D eigenvalue weighted by Crippen LogP contribution is 2.22. The van der Waals surface area contributed by atoms with Crippen LogP contribution in [0.2, 0.25) is 0 Å². The quantitative estimate of drug-likeness (QED) is 0.216. The van der Waals surface area contributed by atoms with Crippen molar-refractivity contribution in [2.75, 3.05) is 12.4 Å². The molecule has 4 nitrogen and oxygen atoms in total. The molecule has 0 spiro atoms. The molecule has 0 aliphatic carbocycles. The summed E-state index contributed by atoms with van der Waals surface area (Å²) >= 11 is 1.59. The molecule has 4 rings (SSSR count). The Bertz CT molecular complexity index is 1170. The first-order valence-corrected chi connectivity index (χ1v) is 11.2. The molecule has 4 aromatic rings. The topological polar surface area (TPSA) is 44.1 Å². The standard InChI is InChI=1S/C25H24N2O2S/c1-2-19-13-15-20(16-14-19)27-24(28)22-11-6-7-12-23(22)26-25(27)30-18-8-17-29-21-9-4-3-5-10-21/h3-7,9-16H,2,8,17-18H2,1H3. The van der Waals surface area contributed by atoms with Crippen LogP contribution in [0.15, 0.2) is 88.8 Å². The molecule has 0 fully saturated rings. The Morgan fingerprint density at radius 3 is 2.43 bits per heavy atom. The van der Waals surface area contributed by atoms with E-state index in [-0.39, 0.29) is 5.56 Å². The van der Waals surface area contributed by atoms with E-state index >= 15 is 0 Å². The van der Waals surface area contributed by atoms with Gasteiger partial charge in [0.2, 0.25) is 0 Å². The fraction of sp³-hybridized carbons (Fsp3) is 0.200. The van der Waals surface area contributed by atoms with Gasteiger partial charge < -0.3 is 4.74 Å². The Morgan fingerprint density at radius 1 is 0.933 bits per heavy atom. The van der Waals surface area contributed by atoms with Crippen LogP contribution in [0.1, 0.15) is 18.9 Å². The molecule has 5 heteroatoms. The second-order valence-electron chi connectivity index (χ2n) is 6.94. The molecule has 0 bridgehead atoms. The van der Waals surface area contributed by atoms with Crippen LogP contribution in [-0.4, -0.2) is 21.9 Å². The summed E-state index contributed by atoms with van der Waals surface area (Å²) in [5, 5.41) is 1.34. The number of rotatable bonds is 8. The zero-order valence-electron chi connectivity index (χ0n) is 17.0. The predicted octanol–water partition coefficient (Wildman–Crippen LogP) is 5.51. The van der Waals surface area contributed by atoms with Crippen LogP contribution in [0.4, 0.5) is 0 Å². The summed E-state index contributed by atoms with van der Waals surface area (Å²) in [6.45, 7) is 2.75. The fourth-order valence-electron chi connectivity index (χ4n) is 3.25. The summed E-state index contributed by atoms with van der Waals surface area (Å²) in [6.07, 6.45) is 1.82. The van der Waals surface area contributed by atoms with Gasteiger partial charge in [-0.1, -0.05) is 61.2 Å². The Hall–Kier alpha value is -3.05. The summed E-state index contributed by atoms with van der Waals surface area (Å²) in [7, 11) is 0. The monoisotopic (exact) mass is 416 g/mol. The second kappa shape index (κ2) is 9.63. The summed E-state index contributed by atoms with van der Waals surface area (Å²) in [4.78, 5) is 18.1. The number of hydrogen-bond donors (Lipinski definition) is 0. The predicted molar refractivity (Wildman–Crippen MR) is 124 cm³/mol. The first kappa shape index (κ1) is 20.2. The van der Waals surface area contributed by atoms with Crippen molar-refractivity contribution in [1.29, 1.82) is 0 Å². The van der Waals surface area contributed by atoms with Crippen LogP contribution in [0.5, 0.6) is 5.75 Å². The first-order chi connectivity index (χ1) is 14.8. The maximum absolute atomic E-state index is 13.3. The number of hydrogen-bond acceptors (Lipinski definition) is 4. The third-order valence-electron chi connectivity index (χ3n) is 4.88. The van der Waals surface area contributed by atoms with Gasteiger partial charge in [-0.25, -0.2) is 4.98 Å². The van der Waals surface area contributed by atoms with Crippen molar-refractivity contribution in [3.8, 4) is 11.4 Å². The average Bonchev–Trinajstić information content (AvgIpc) is 2.80. The van der Waals surface area contributed by atoms with Crippen LogP contribution in [0.25, 0.3) is 16.6 Å². The molecule has 0 aliphatic heterocycles. The molecule has 3 aromatic carbocycles. The number of nitrogens with zero attached hydrogens (tertiary/aromatic N) is 2. The van der Waals surface area contributed by atoms with Crippen molar-refractivity contribution < 1.29 is 4.74 Å². The molecule has 0 amide bonds. The lowest BCUT2D eigenvalue weighted by molar-refractivity contribution is 0.318. The van der Waals surface area contributed by atoms with E-state index in [1.165, 1.54) is 5.56 Å². The van der Waals surface area contributed by atoms with Gasteiger partial charge in [0.15, 0.2) is 5.16 Å². The van der Waals surface area contributed by atoms with Crippen LogP contribution in [0, 0.1) is 0 Å². The van der Waals surface area contributed by atoms with Gasteiger partial charge in [-0.3, -0.25) is 9.36 Å². The number of fused-ring (bicyclic) bond motifs is 1. The third kappa shape index (κ3) is 4.57. The molecule has 30 heavy (non-hydrogen) atoms. The van der Waals surface area contributed by atoms with E-state index in [1.54, 1.807) is 16.3 Å². The number of benzene rings is 3. The van der Waals surface area contributed by atoms with E-state index in [4.69, 9.17) is 9.72 Å². The molecule has 0 unspecified atom stereocenters. The van der Waals surface area contributed by atoms with Gasteiger partial charge in [0, 0.05) is 5.75 Å². The summed E-state index contributed by atoms with van der Waals surface area (Å²) < 4.78 is 7.50. The SMILES string of the molecule is CCc1ccc(-n2c(SCCCOc3ccccc3)nc3ccccc3c2=O)cc1. The Morgan fingerprint density at radius 2 is 1.67 bits per heavy atom. The van der Waals surface area contributed by atoms with Crippen LogP contribution in [-0.2, 0) is 6.42 Å². The molecule has 0 radical (unpaired) electrons. The Labute approximate surface area is 180 Å². The molecule has 1 heterocycles. The van der Waals surface area contributed by atoms with Crippen molar-refractivity contribution in [2.45, 2.75) is 24.9 Å². The van der Waals surface area contributed by atoms with Gasteiger partial charge in [-0.15, -0.1) is 0 Å². The van der Waals surface area contributed by atoms with Gasteiger partial charge >= 0.3 is 0 Å². The van der Waals surface area contributed by atoms with E-state index in [1.807, 2.05) is 66.7 Å². The smallest absolute Gasteiger partial charge is 0.266 e. The molecule has 0 saturated heterocycles. The molecule has 0 saturated carbocycles. The lowest BCUT2D eigenvalue weighted by Gasteiger charge is -2.14. The van der Waals surface area contributed by atoms with E-state index in [9.17, 15) is 4.79 Å². The highest BCUT2D eigenvalue weighted by molar-refractivity contribution is 7.99. The van der Waals surface area contributed by atoms with Gasteiger partial charge in [-0.2, -0.15) is 0 Å². The van der Waals surface area contributed by atoms with Crippen LogP contribution >= 0.6 is 11.8 Å². The maximum Gasteiger partial charge on any atom is 0.266 e. The molecule has 0 N–H and O–H groups in total. The van der Waals surface area contributed by atoms with Gasteiger partial charge in [0.05, 0.1) is 23.2 Å². The number of para-hydroxylation sites is 2.